The summed E-state index contributed by atoms with van der Waals surface area (Å²) in [6.45, 7) is 3.99. The predicted octanol–water partition coefficient (Wildman–Crippen LogP) is 2.49. The Morgan fingerprint density at radius 1 is 0.939 bits per heavy atom. The summed E-state index contributed by atoms with van der Waals surface area (Å²) in [4.78, 5) is 14.5. The molecule has 186 valence electrons. The molecule has 3 rings (SSSR count). The van der Waals surface area contributed by atoms with Crippen molar-refractivity contribution in [2.75, 3.05) is 40.8 Å². The van der Waals surface area contributed by atoms with Crippen LogP contribution in [-0.2, 0) is 40.3 Å². The van der Waals surface area contributed by atoms with Crippen molar-refractivity contribution >= 4 is 53.0 Å². The number of fused-ring (bicyclic) bond motifs is 2. The summed E-state index contributed by atoms with van der Waals surface area (Å²) in [6, 6.07) is 7.93. The van der Waals surface area contributed by atoms with Gasteiger partial charge < -0.3 is 38.8 Å². The van der Waals surface area contributed by atoms with E-state index >= 15 is 0 Å². The SMILES string of the molecule is CO[Si]1(C)O[Si]2(CCCN(C)C(=O)c3ccc(CCCl)cc3)O[Si](C)(OC)O[Si](OC)(O1)O2. The first-order valence-corrected chi connectivity index (χ1v) is 19.2. The molecule has 0 aliphatic carbocycles. The average Bonchev–Trinajstić information content (AvgIpc) is 2.78. The van der Waals surface area contributed by atoms with E-state index in [1.54, 1.807) is 25.0 Å². The largest absolute Gasteiger partial charge is 0.656 e. The fraction of sp³-hybridized carbons (Fsp3) is 0.611. The van der Waals surface area contributed by atoms with Crippen LogP contribution in [0.25, 0.3) is 0 Å². The molecule has 0 aromatic heterocycles. The van der Waals surface area contributed by atoms with Crippen molar-refractivity contribution in [3.8, 4) is 0 Å². The van der Waals surface area contributed by atoms with Crippen LogP contribution >= 0.6 is 11.6 Å². The summed E-state index contributed by atoms with van der Waals surface area (Å²) >= 11 is 5.78. The van der Waals surface area contributed by atoms with E-state index in [1.165, 1.54) is 21.3 Å². The van der Waals surface area contributed by atoms with Gasteiger partial charge in [-0.05, 0) is 30.5 Å². The van der Waals surface area contributed by atoms with E-state index in [2.05, 4.69) is 0 Å². The molecule has 0 radical (unpaired) electrons. The lowest BCUT2D eigenvalue weighted by molar-refractivity contribution is -0.0405. The number of carbonyl (C=O) groups is 1. The van der Waals surface area contributed by atoms with Gasteiger partial charge in [0.15, 0.2) is 0 Å². The second-order valence-electron chi connectivity index (χ2n) is 8.00. The topological polar surface area (TPSA) is 94.2 Å². The number of alkyl halides is 1. The molecule has 0 spiro atoms. The van der Waals surface area contributed by atoms with Crippen molar-refractivity contribution in [1.82, 2.24) is 4.90 Å². The number of benzene rings is 1. The van der Waals surface area contributed by atoms with Crippen molar-refractivity contribution in [1.29, 1.82) is 0 Å². The van der Waals surface area contributed by atoms with E-state index in [4.69, 9.17) is 45.5 Å². The minimum absolute atomic E-state index is 0.0684. The molecule has 0 saturated carbocycles. The molecule has 15 heteroatoms. The van der Waals surface area contributed by atoms with Gasteiger partial charge in [0.2, 0.25) is 0 Å². The normalized spacial score (nSPS) is 33.7. The van der Waals surface area contributed by atoms with Gasteiger partial charge in [0, 0.05) is 65.5 Å². The Labute approximate surface area is 204 Å². The number of halogens is 1. The third-order valence-corrected chi connectivity index (χ3v) is 21.3. The van der Waals surface area contributed by atoms with Crippen LogP contribution in [0.15, 0.2) is 24.3 Å². The average molecular weight is 554 g/mol. The Morgan fingerprint density at radius 2 is 1.52 bits per heavy atom. The third-order valence-electron chi connectivity index (χ3n) is 5.48. The van der Waals surface area contributed by atoms with Crippen molar-refractivity contribution in [3.05, 3.63) is 35.4 Å². The highest BCUT2D eigenvalue weighted by molar-refractivity contribution is 6.94. The number of aryl methyl sites for hydroxylation is 1. The van der Waals surface area contributed by atoms with E-state index in [9.17, 15) is 4.79 Å². The maximum Gasteiger partial charge on any atom is 0.656 e. The van der Waals surface area contributed by atoms with Gasteiger partial charge in [-0.15, -0.1) is 11.6 Å². The van der Waals surface area contributed by atoms with E-state index in [0.29, 0.717) is 30.5 Å². The summed E-state index contributed by atoms with van der Waals surface area (Å²) < 4.78 is 47.5. The number of amides is 1. The molecule has 0 N–H and O–H groups in total. The predicted molar refractivity (Wildman–Crippen MR) is 128 cm³/mol. The number of carbonyl (C=O) groups excluding carboxylic acids is 1. The minimum Gasteiger partial charge on any atom is -0.378 e. The lowest BCUT2D eigenvalue weighted by Crippen LogP contribution is -2.81. The summed E-state index contributed by atoms with van der Waals surface area (Å²) in [5, 5.41) is 0. The fourth-order valence-corrected chi connectivity index (χ4v) is 22.0. The number of hydrogen-bond acceptors (Lipinski definition) is 9. The summed E-state index contributed by atoms with van der Waals surface area (Å²) in [6.07, 6.45) is 1.35. The molecule has 1 aromatic rings. The zero-order chi connectivity index (χ0) is 24.3. The smallest absolute Gasteiger partial charge is 0.378 e. The zero-order valence-electron chi connectivity index (χ0n) is 19.8. The van der Waals surface area contributed by atoms with Gasteiger partial charge in [-0.2, -0.15) is 0 Å². The second-order valence-corrected chi connectivity index (χ2v) is 20.0. The highest BCUT2D eigenvalue weighted by Gasteiger charge is 2.75. The molecule has 33 heavy (non-hydrogen) atoms. The van der Waals surface area contributed by atoms with Crippen molar-refractivity contribution in [3.63, 3.8) is 0 Å². The molecular formula is C18H32ClNO9Si4. The fourth-order valence-electron chi connectivity index (χ4n) is 3.60. The van der Waals surface area contributed by atoms with Crippen molar-refractivity contribution in [2.45, 2.75) is 32.0 Å². The van der Waals surface area contributed by atoms with Crippen LogP contribution in [0.5, 0.6) is 0 Å². The molecule has 1 aromatic carbocycles. The van der Waals surface area contributed by atoms with Crippen molar-refractivity contribution in [2.24, 2.45) is 0 Å². The van der Waals surface area contributed by atoms with Crippen LogP contribution in [0, 0.1) is 0 Å². The molecule has 2 aliphatic rings. The van der Waals surface area contributed by atoms with E-state index < -0.39 is 35.5 Å². The standard InChI is InChI=1S/C18H32ClNO9Si4/c1-20(18(21)17-10-8-16(9-11-17)12-13-19)14-7-15-32-25-30(5,22-2)27-33(24-4,29-32)28-31(6,23-3)26-32/h8-11H,7,12-15H2,1-6H3. The number of rotatable bonds is 10. The molecule has 2 heterocycles. The van der Waals surface area contributed by atoms with Gasteiger partial charge in [0.25, 0.3) is 5.91 Å². The first-order valence-electron chi connectivity index (χ1n) is 10.6. The van der Waals surface area contributed by atoms with E-state index in [0.717, 1.165) is 12.0 Å². The van der Waals surface area contributed by atoms with Gasteiger partial charge in [0.05, 0.1) is 0 Å². The van der Waals surface area contributed by atoms with Crippen LogP contribution in [-0.4, -0.2) is 87.1 Å². The maximum atomic E-state index is 12.8. The van der Waals surface area contributed by atoms with Gasteiger partial charge >= 0.3 is 35.5 Å². The van der Waals surface area contributed by atoms with Crippen molar-refractivity contribution < 1.29 is 38.6 Å². The van der Waals surface area contributed by atoms with E-state index in [1.807, 2.05) is 24.3 Å². The quantitative estimate of drug-likeness (QED) is 0.320. The molecule has 2 bridgehead atoms. The van der Waals surface area contributed by atoms with Gasteiger partial charge in [-0.25, -0.2) is 0 Å². The molecule has 2 saturated heterocycles. The highest BCUT2D eigenvalue weighted by atomic mass is 35.5. The first kappa shape index (κ1) is 27.1. The Morgan fingerprint density at radius 3 is 2.00 bits per heavy atom. The van der Waals surface area contributed by atoms with Crippen LogP contribution in [0.3, 0.4) is 0 Å². The first-order chi connectivity index (χ1) is 15.5. The van der Waals surface area contributed by atoms with Gasteiger partial charge in [0.1, 0.15) is 0 Å². The Bertz CT molecular complexity index is 810. The van der Waals surface area contributed by atoms with Crippen LogP contribution < -0.4 is 0 Å². The van der Waals surface area contributed by atoms with Gasteiger partial charge in [-0.1, -0.05) is 12.1 Å². The molecule has 2 atom stereocenters. The number of nitrogens with zero attached hydrogens (tertiary/aromatic N) is 1. The zero-order valence-corrected chi connectivity index (χ0v) is 24.6. The maximum absolute atomic E-state index is 12.8. The monoisotopic (exact) mass is 553 g/mol. The molecule has 10 nitrogen and oxygen atoms in total. The van der Waals surface area contributed by atoms with Crippen LogP contribution in [0.4, 0.5) is 0 Å². The number of hydrogen-bond donors (Lipinski definition) is 0. The van der Waals surface area contributed by atoms with Crippen LogP contribution in [0.1, 0.15) is 22.3 Å². The molecular weight excluding hydrogens is 522 g/mol. The Kier molecular flexibility index (Phi) is 8.75. The summed E-state index contributed by atoms with van der Waals surface area (Å²) in [5.74, 6) is 0.478. The van der Waals surface area contributed by atoms with Gasteiger partial charge in [-0.3, -0.25) is 4.79 Å². The third kappa shape index (κ3) is 6.21. The molecule has 2 aliphatic heterocycles. The Hall–Kier alpha value is -0.472. The van der Waals surface area contributed by atoms with Crippen LogP contribution in [0.2, 0.25) is 19.1 Å². The summed E-state index contributed by atoms with van der Waals surface area (Å²) in [7, 11) is -6.83. The highest BCUT2D eigenvalue weighted by Crippen LogP contribution is 2.42. The summed E-state index contributed by atoms with van der Waals surface area (Å²) in [5.41, 5.74) is 1.72. The lowest BCUT2D eigenvalue weighted by atomic mass is 10.1. The molecule has 2 unspecified atom stereocenters. The van der Waals surface area contributed by atoms with E-state index in [-0.39, 0.29) is 5.91 Å². The molecule has 2 fully saturated rings. The Balaban J connectivity index is 1.69. The molecule has 1 amide bonds. The minimum atomic E-state index is -3.56. The lowest BCUT2D eigenvalue weighted by Gasteiger charge is -2.53. The second kappa shape index (κ2) is 10.6.